The van der Waals surface area contributed by atoms with Gasteiger partial charge in [-0.3, -0.25) is 0 Å². The molecule has 0 spiro atoms. The molecular formula is C60H94O11. The van der Waals surface area contributed by atoms with Crippen molar-refractivity contribution in [3.8, 4) is 0 Å². The van der Waals surface area contributed by atoms with Crippen LogP contribution in [0.5, 0.6) is 0 Å². The summed E-state index contributed by atoms with van der Waals surface area (Å²) >= 11 is 0. The van der Waals surface area contributed by atoms with Crippen molar-refractivity contribution in [1.82, 2.24) is 0 Å². The van der Waals surface area contributed by atoms with Crippen LogP contribution >= 0.6 is 0 Å². The summed E-state index contributed by atoms with van der Waals surface area (Å²) in [6.07, 6.45) is 2.94. The Morgan fingerprint density at radius 3 is 0.423 bits per heavy atom. The Morgan fingerprint density at radius 2 is 0.324 bits per heavy atom. The van der Waals surface area contributed by atoms with Crippen molar-refractivity contribution in [3.63, 3.8) is 0 Å². The van der Waals surface area contributed by atoms with Crippen LogP contribution in [0.25, 0.3) is 0 Å². The molecule has 0 aliphatic heterocycles. The molecule has 11 nitrogen and oxygen atoms in total. The van der Waals surface area contributed by atoms with Crippen molar-refractivity contribution in [3.05, 3.63) is 66.8 Å². The number of aliphatic hydroxyl groups is 6. The molecule has 11 heteroatoms. The molecule has 12 bridgehead atoms. The molecule has 2 aromatic rings. The van der Waals surface area contributed by atoms with Crippen LogP contribution in [0.4, 0.5) is 0 Å². The Bertz CT molecular complexity index is 2190. The number of fused-ring (bicyclic) bond motifs is 36. The maximum absolute atomic E-state index is 11.5. The topological polar surface area (TPSA) is 279 Å². The molecule has 12 aliphatic rings. The maximum atomic E-state index is 11.5. The highest BCUT2D eigenvalue weighted by Crippen LogP contribution is 2.83. The quantitative estimate of drug-likeness (QED) is 0.181. The molecule has 0 amide bonds. The number of rotatable bonds is 0. The predicted octanol–water partition coefficient (Wildman–Crippen LogP) is 6.12. The van der Waals surface area contributed by atoms with Crippen LogP contribution in [0.2, 0.25) is 0 Å². The van der Waals surface area contributed by atoms with Gasteiger partial charge in [0.25, 0.3) is 0 Å². The van der Waals surface area contributed by atoms with E-state index in [-0.39, 0.29) is 129 Å². The first-order valence-corrected chi connectivity index (χ1v) is 26.6. The van der Waals surface area contributed by atoms with E-state index >= 15 is 0 Å². The molecule has 18 atom stereocenters. The molecule has 16 N–H and O–H groups in total. The molecule has 12 aliphatic carbocycles. The first-order chi connectivity index (χ1) is 30.1. The van der Waals surface area contributed by atoms with Gasteiger partial charge in [-0.15, -0.1) is 0 Å². The SMILES string of the molecule is CC1(C)[C@@H]2C[C@@H](O)[C@@]1(C)c1c2c2c(c3c1[C@H]1C[C@@H](O)[C@]3(C)C1(C)C)[C@H]1C[C@@H](O)[C@]2(C)C1(C)C.CC1(C)[C@@H]2C[C@@H](O)[C@@]1(C)c1c2c2c(c3c1[C@H]1C[C@@H](O)[C@]3(C)C1(C)C)[C@H]1C[C@@H](O)[C@]2(C)C1(C)C.O.O.O.O.O. The van der Waals surface area contributed by atoms with Crippen molar-refractivity contribution in [2.75, 3.05) is 0 Å². The predicted molar refractivity (Wildman–Crippen MR) is 278 cm³/mol. The average molecular weight is 991 g/mol. The summed E-state index contributed by atoms with van der Waals surface area (Å²) in [6, 6.07) is 0. The smallest absolute Gasteiger partial charge is 0.0645 e. The van der Waals surface area contributed by atoms with E-state index < -0.39 is 0 Å². The summed E-state index contributed by atoms with van der Waals surface area (Å²) < 4.78 is 0. The monoisotopic (exact) mass is 991 g/mol. The molecule has 0 aromatic heterocycles. The fraction of sp³-hybridized carbons (Fsp3) is 0.800. The Kier molecular flexibility index (Phi) is 10.8. The molecule has 14 rings (SSSR count). The summed E-state index contributed by atoms with van der Waals surface area (Å²) in [5.41, 5.74) is 15.6. The van der Waals surface area contributed by atoms with Crippen LogP contribution in [0.1, 0.15) is 265 Å². The van der Waals surface area contributed by atoms with Crippen molar-refractivity contribution in [2.45, 2.75) is 268 Å². The summed E-state index contributed by atoms with van der Waals surface area (Å²) in [5, 5.41) is 69.1. The van der Waals surface area contributed by atoms with E-state index in [9.17, 15) is 30.6 Å². The lowest BCUT2D eigenvalue weighted by Crippen LogP contribution is -2.45. The Balaban J connectivity index is 0.000000178. The largest absolute Gasteiger partial charge is 0.412 e. The minimum Gasteiger partial charge on any atom is -0.412 e. The van der Waals surface area contributed by atoms with Crippen molar-refractivity contribution < 1.29 is 58.0 Å². The van der Waals surface area contributed by atoms with Crippen LogP contribution in [-0.2, 0) is 32.5 Å². The minimum atomic E-state index is -0.337. The van der Waals surface area contributed by atoms with Gasteiger partial charge in [0, 0.05) is 32.5 Å². The summed E-state index contributed by atoms with van der Waals surface area (Å²) in [6.45, 7) is 42.4. The molecule has 400 valence electrons. The van der Waals surface area contributed by atoms with E-state index in [1.165, 1.54) is 66.8 Å². The van der Waals surface area contributed by atoms with E-state index in [1.54, 1.807) is 0 Å². The third-order valence-corrected chi connectivity index (χ3v) is 28.4. The second-order valence-electron chi connectivity index (χ2n) is 30.1. The number of aliphatic hydroxyl groups excluding tert-OH is 6. The lowest BCUT2D eigenvalue weighted by Gasteiger charge is -2.44. The van der Waals surface area contributed by atoms with E-state index in [2.05, 4.69) is 125 Å². The van der Waals surface area contributed by atoms with E-state index in [4.69, 9.17) is 0 Å². The van der Waals surface area contributed by atoms with Crippen molar-refractivity contribution >= 4 is 0 Å². The van der Waals surface area contributed by atoms with Crippen LogP contribution in [0, 0.1) is 32.5 Å². The highest BCUT2D eigenvalue weighted by atomic mass is 16.3. The number of hydrogen-bond donors (Lipinski definition) is 6. The van der Waals surface area contributed by atoms with Gasteiger partial charge in [0.05, 0.1) is 36.6 Å². The first-order valence-electron chi connectivity index (χ1n) is 26.6. The third-order valence-electron chi connectivity index (χ3n) is 28.4. The molecule has 0 heterocycles. The molecular weight excluding hydrogens is 897 g/mol. The van der Waals surface area contributed by atoms with Gasteiger partial charge in [0.2, 0.25) is 0 Å². The number of benzene rings is 2. The van der Waals surface area contributed by atoms with Crippen molar-refractivity contribution in [2.24, 2.45) is 32.5 Å². The summed E-state index contributed by atoms with van der Waals surface area (Å²) in [7, 11) is 0. The molecule has 0 radical (unpaired) electrons. The second-order valence-corrected chi connectivity index (χ2v) is 30.1. The van der Waals surface area contributed by atoms with Gasteiger partial charge in [0.15, 0.2) is 0 Å². The standard InChI is InChI=1S/2C30H42O3.5H2O/c2*1-25(2)13-10-16(31)28(25,7)22-19(13)23-21(15-12-17(32)29(23,8)27(15,5)6)24-20(22)14-11-18(33)30(24,9)26(14,3)4;;;;;/h2*13-18,31-33H,10-12H2,1-9H3;5*1H2/t2*13-,14-,15-,16-,17-,18-,28+,29+,30+;;;;;/m11...../s1. The molecule has 6 saturated carbocycles. The Morgan fingerprint density at radius 1 is 0.225 bits per heavy atom. The highest BCUT2D eigenvalue weighted by Gasteiger charge is 2.78. The lowest BCUT2D eigenvalue weighted by atomic mass is 9.61. The minimum absolute atomic E-state index is 0. The first kappa shape index (κ1) is 55.2. The van der Waals surface area contributed by atoms with Crippen LogP contribution in [-0.4, -0.2) is 94.6 Å². The van der Waals surface area contributed by atoms with Gasteiger partial charge in [-0.05, 0) is 173 Å². The van der Waals surface area contributed by atoms with Gasteiger partial charge >= 0.3 is 0 Å². The van der Waals surface area contributed by atoms with Gasteiger partial charge < -0.3 is 58.0 Å². The molecule has 0 unspecified atom stereocenters. The molecule has 6 fully saturated rings. The lowest BCUT2D eigenvalue weighted by molar-refractivity contribution is 0.0684. The zero-order chi connectivity index (χ0) is 48.1. The van der Waals surface area contributed by atoms with E-state index in [0.29, 0.717) is 35.5 Å². The van der Waals surface area contributed by atoms with Gasteiger partial charge in [-0.2, -0.15) is 0 Å². The van der Waals surface area contributed by atoms with E-state index in [1.807, 2.05) is 0 Å². The van der Waals surface area contributed by atoms with Gasteiger partial charge in [-0.1, -0.05) is 125 Å². The summed E-state index contributed by atoms with van der Waals surface area (Å²) in [5.74, 6) is 1.95. The van der Waals surface area contributed by atoms with Crippen molar-refractivity contribution in [1.29, 1.82) is 0 Å². The summed E-state index contributed by atoms with van der Waals surface area (Å²) in [4.78, 5) is 0. The van der Waals surface area contributed by atoms with Gasteiger partial charge in [0.1, 0.15) is 0 Å². The molecule has 0 saturated heterocycles. The average Bonchev–Trinajstić information content (AvgIpc) is 4.01. The molecule has 2 aromatic carbocycles. The third kappa shape index (κ3) is 4.52. The van der Waals surface area contributed by atoms with Crippen LogP contribution in [0.3, 0.4) is 0 Å². The Labute approximate surface area is 423 Å². The molecule has 71 heavy (non-hydrogen) atoms. The normalized spacial score (nSPS) is 48.7. The zero-order valence-corrected chi connectivity index (χ0v) is 46.4. The van der Waals surface area contributed by atoms with Crippen LogP contribution in [0.15, 0.2) is 0 Å². The second kappa shape index (κ2) is 13.9. The maximum Gasteiger partial charge on any atom is 0.0645 e. The Hall–Kier alpha value is -2.00. The van der Waals surface area contributed by atoms with E-state index in [0.717, 1.165) is 38.5 Å². The highest BCUT2D eigenvalue weighted by molar-refractivity contribution is 5.76. The fourth-order valence-corrected chi connectivity index (χ4v) is 22.1. The number of hydrogen-bond acceptors (Lipinski definition) is 6. The van der Waals surface area contributed by atoms with Gasteiger partial charge in [-0.25, -0.2) is 0 Å². The van der Waals surface area contributed by atoms with Crippen LogP contribution < -0.4 is 0 Å². The zero-order valence-electron chi connectivity index (χ0n) is 46.4. The fourth-order valence-electron chi connectivity index (χ4n) is 22.1.